The van der Waals surface area contributed by atoms with Crippen molar-refractivity contribution < 1.29 is 24.2 Å². The molecule has 3 aliphatic heterocycles. The molecule has 29 heavy (non-hydrogen) atoms. The Morgan fingerprint density at radius 2 is 2.07 bits per heavy atom. The van der Waals surface area contributed by atoms with Crippen LogP contribution in [0.15, 0.2) is 36.0 Å². The van der Waals surface area contributed by atoms with E-state index < -0.39 is 17.9 Å². The van der Waals surface area contributed by atoms with Crippen molar-refractivity contribution in [2.24, 2.45) is 5.92 Å². The number of carbonyl (C=O) groups excluding carboxylic acids is 2. The predicted octanol–water partition coefficient (Wildman–Crippen LogP) is 3.86. The number of allylic oxidation sites excluding steroid dienone is 5. The molecule has 160 valence electrons. The smallest absolute Gasteiger partial charge is 0.330 e. The van der Waals surface area contributed by atoms with Crippen LogP contribution in [0, 0.1) is 5.92 Å². The molecule has 0 aliphatic carbocycles. The molecule has 0 spiro atoms. The van der Waals surface area contributed by atoms with Gasteiger partial charge >= 0.3 is 5.97 Å². The number of carbonyl (C=O) groups is 2. The van der Waals surface area contributed by atoms with Gasteiger partial charge < -0.3 is 19.9 Å². The van der Waals surface area contributed by atoms with Gasteiger partial charge in [0.15, 0.2) is 5.79 Å². The molecule has 0 radical (unpaired) electrons. The SMILES string of the molecule is C/C1=C/C(=O)OC2C[C@@H](CCC(C)/C=C\C=C\CC1)O[C@@](O)([C@H]1CSC(=O)N1)C2. The fourth-order valence-electron chi connectivity index (χ4n) is 3.96. The Morgan fingerprint density at radius 1 is 1.24 bits per heavy atom. The quantitative estimate of drug-likeness (QED) is 0.626. The van der Waals surface area contributed by atoms with Gasteiger partial charge in [-0.2, -0.15) is 0 Å². The van der Waals surface area contributed by atoms with Crippen molar-refractivity contribution in [2.45, 2.75) is 76.4 Å². The first-order valence-corrected chi connectivity index (χ1v) is 11.4. The number of fused-ring (bicyclic) bond motifs is 2. The first-order chi connectivity index (χ1) is 13.8. The molecule has 1 amide bonds. The first kappa shape index (κ1) is 22.1. The highest BCUT2D eigenvalue weighted by Crippen LogP contribution is 2.36. The highest BCUT2D eigenvalue weighted by Gasteiger charge is 2.49. The Bertz CT molecular complexity index is 703. The molecule has 7 heteroatoms. The van der Waals surface area contributed by atoms with Gasteiger partial charge in [-0.05, 0) is 38.5 Å². The number of esters is 1. The maximum absolute atomic E-state index is 12.4. The van der Waals surface area contributed by atoms with Gasteiger partial charge in [0.1, 0.15) is 6.10 Å². The lowest BCUT2D eigenvalue weighted by atomic mass is 9.90. The molecule has 2 saturated heterocycles. The summed E-state index contributed by atoms with van der Waals surface area (Å²) in [5.41, 5.74) is 0.961. The molecule has 2 fully saturated rings. The van der Waals surface area contributed by atoms with E-state index in [4.69, 9.17) is 9.47 Å². The standard InChI is InChI=1S/C22H31NO5S/c1-15-7-5-3-4-6-8-16(2)11-20(24)27-18-12-17(10-9-15)28-22(26,13-18)19-14-29-21(25)23-19/h3-5,7,11,15,17-19,26H,6,8-10,12-14H2,1-2H3,(H,23,25)/b4-3+,7-5-,16-11-/t15?,17-,18?,19-,22-/m1/s1. The number of nitrogens with one attached hydrogen (secondary N) is 1. The Balaban J connectivity index is 1.78. The van der Waals surface area contributed by atoms with Crippen molar-refractivity contribution in [1.82, 2.24) is 5.32 Å². The molecule has 2 N–H and O–H groups in total. The summed E-state index contributed by atoms with van der Waals surface area (Å²) in [4.78, 5) is 24.0. The molecule has 0 saturated carbocycles. The number of hydrogen-bond donors (Lipinski definition) is 2. The molecule has 0 aromatic rings. The summed E-state index contributed by atoms with van der Waals surface area (Å²) in [6.45, 7) is 4.07. The summed E-state index contributed by atoms with van der Waals surface area (Å²) in [6.07, 6.45) is 13.2. The summed E-state index contributed by atoms with van der Waals surface area (Å²) in [7, 11) is 0. The van der Waals surface area contributed by atoms with Gasteiger partial charge in [0.05, 0.1) is 12.1 Å². The largest absolute Gasteiger partial charge is 0.459 e. The van der Waals surface area contributed by atoms with Crippen molar-refractivity contribution in [3.63, 3.8) is 0 Å². The zero-order valence-electron chi connectivity index (χ0n) is 17.1. The van der Waals surface area contributed by atoms with E-state index in [-0.39, 0.29) is 23.7 Å². The molecule has 5 atom stereocenters. The summed E-state index contributed by atoms with van der Waals surface area (Å²) in [5, 5.41) is 13.8. The van der Waals surface area contributed by atoms with Gasteiger partial charge in [0.2, 0.25) is 0 Å². The van der Waals surface area contributed by atoms with Gasteiger partial charge in [-0.25, -0.2) is 4.79 Å². The zero-order chi connectivity index (χ0) is 20.9. The first-order valence-electron chi connectivity index (χ1n) is 10.4. The molecule has 2 bridgehead atoms. The van der Waals surface area contributed by atoms with Crippen LogP contribution in [0.5, 0.6) is 0 Å². The number of rotatable bonds is 1. The lowest BCUT2D eigenvalue weighted by Gasteiger charge is -2.43. The highest BCUT2D eigenvalue weighted by atomic mass is 32.2. The van der Waals surface area contributed by atoms with Crippen molar-refractivity contribution in [2.75, 3.05) is 5.75 Å². The lowest BCUT2D eigenvalue weighted by Crippen LogP contribution is -2.58. The Kier molecular flexibility index (Phi) is 7.60. The third kappa shape index (κ3) is 6.46. The second-order valence-electron chi connectivity index (χ2n) is 8.28. The van der Waals surface area contributed by atoms with Crippen LogP contribution < -0.4 is 5.32 Å². The van der Waals surface area contributed by atoms with Gasteiger partial charge in [-0.1, -0.05) is 48.6 Å². The van der Waals surface area contributed by atoms with Crippen molar-refractivity contribution in [3.05, 3.63) is 36.0 Å². The molecule has 0 aromatic carbocycles. The maximum Gasteiger partial charge on any atom is 0.330 e. The highest BCUT2D eigenvalue weighted by molar-refractivity contribution is 8.14. The van der Waals surface area contributed by atoms with E-state index in [0.717, 1.165) is 43.0 Å². The molecule has 2 unspecified atom stereocenters. The fraction of sp³-hybridized carbons (Fsp3) is 0.636. The van der Waals surface area contributed by atoms with E-state index in [2.05, 4.69) is 30.5 Å². The minimum atomic E-state index is -1.53. The van der Waals surface area contributed by atoms with Crippen LogP contribution >= 0.6 is 11.8 Å². The van der Waals surface area contributed by atoms with Crippen molar-refractivity contribution in [1.29, 1.82) is 0 Å². The zero-order valence-corrected chi connectivity index (χ0v) is 18.0. The summed E-state index contributed by atoms with van der Waals surface area (Å²) in [6, 6.07) is -0.505. The molecular formula is C22H31NO5S. The summed E-state index contributed by atoms with van der Waals surface area (Å²) < 4.78 is 11.8. The van der Waals surface area contributed by atoms with E-state index in [1.807, 2.05) is 13.0 Å². The van der Waals surface area contributed by atoms with Gasteiger partial charge in [-0.15, -0.1) is 0 Å². The van der Waals surface area contributed by atoms with Crippen LogP contribution in [0.25, 0.3) is 0 Å². The molecular weight excluding hydrogens is 390 g/mol. The van der Waals surface area contributed by atoms with Crippen LogP contribution in [0.2, 0.25) is 0 Å². The summed E-state index contributed by atoms with van der Waals surface area (Å²) in [5.74, 6) is -1.10. The van der Waals surface area contributed by atoms with Crippen LogP contribution in [-0.2, 0) is 14.3 Å². The molecule has 6 nitrogen and oxygen atoms in total. The van der Waals surface area contributed by atoms with E-state index in [1.165, 1.54) is 6.08 Å². The third-order valence-electron chi connectivity index (χ3n) is 5.62. The average Bonchev–Trinajstić information content (AvgIpc) is 3.09. The lowest BCUT2D eigenvalue weighted by molar-refractivity contribution is -0.283. The van der Waals surface area contributed by atoms with Crippen LogP contribution in [0.3, 0.4) is 0 Å². The summed E-state index contributed by atoms with van der Waals surface area (Å²) >= 11 is 1.14. The maximum atomic E-state index is 12.4. The second-order valence-corrected chi connectivity index (χ2v) is 9.27. The fourth-order valence-corrected chi connectivity index (χ4v) is 4.85. The topological polar surface area (TPSA) is 84.9 Å². The Hall–Kier alpha value is -1.57. The average molecular weight is 422 g/mol. The van der Waals surface area contributed by atoms with E-state index >= 15 is 0 Å². The van der Waals surface area contributed by atoms with Gasteiger partial charge in [0, 0.05) is 24.7 Å². The molecule has 3 aliphatic rings. The predicted molar refractivity (Wildman–Crippen MR) is 113 cm³/mol. The number of aliphatic hydroxyl groups is 1. The number of hydrogen-bond acceptors (Lipinski definition) is 6. The number of ether oxygens (including phenoxy) is 2. The van der Waals surface area contributed by atoms with Crippen molar-refractivity contribution >= 4 is 23.0 Å². The van der Waals surface area contributed by atoms with E-state index in [1.54, 1.807) is 0 Å². The van der Waals surface area contributed by atoms with Gasteiger partial charge in [-0.3, -0.25) is 4.79 Å². The van der Waals surface area contributed by atoms with Crippen molar-refractivity contribution in [3.8, 4) is 0 Å². The molecule has 3 heterocycles. The number of thioether (sulfide) groups is 1. The monoisotopic (exact) mass is 421 g/mol. The second kappa shape index (κ2) is 9.96. The minimum absolute atomic E-state index is 0.159. The van der Waals surface area contributed by atoms with Crippen LogP contribution in [0.4, 0.5) is 4.79 Å². The van der Waals surface area contributed by atoms with Crippen LogP contribution in [0.1, 0.15) is 52.4 Å². The van der Waals surface area contributed by atoms with E-state index in [0.29, 0.717) is 18.1 Å². The normalized spacial score (nSPS) is 41.0. The minimum Gasteiger partial charge on any atom is -0.459 e. The van der Waals surface area contributed by atoms with Gasteiger partial charge in [0.25, 0.3) is 5.24 Å². The van der Waals surface area contributed by atoms with Crippen LogP contribution in [-0.4, -0.2) is 46.1 Å². The number of amides is 1. The Labute approximate surface area is 176 Å². The third-order valence-corrected chi connectivity index (χ3v) is 6.50. The van der Waals surface area contributed by atoms with E-state index in [9.17, 15) is 14.7 Å². The molecule has 3 rings (SSSR count). The Morgan fingerprint density at radius 3 is 2.83 bits per heavy atom. The molecule has 0 aromatic heterocycles.